The van der Waals surface area contributed by atoms with Gasteiger partial charge in [0, 0.05) is 18.7 Å². The number of aryl methyl sites for hydroxylation is 1. The Kier molecular flexibility index (Phi) is 7.51. The number of carbonyl (C=O) groups is 1. The Labute approximate surface area is 210 Å². The number of anilines is 1. The van der Waals surface area contributed by atoms with E-state index < -0.39 is 45.1 Å². The number of aromatic nitrogens is 1. The molecule has 1 aliphatic rings. The summed E-state index contributed by atoms with van der Waals surface area (Å²) < 4.78 is 87.2. The molecule has 37 heavy (non-hydrogen) atoms. The molecule has 1 aromatic heterocycles. The Bertz CT molecular complexity index is 1430. The molecule has 0 bridgehead atoms. The molecule has 1 N–H and O–H groups in total. The summed E-state index contributed by atoms with van der Waals surface area (Å²) in [6, 6.07) is 10.5. The molecule has 1 aliphatic heterocycles. The second-order valence-corrected chi connectivity index (χ2v) is 10.4. The number of nitrogens with one attached hydrogen (secondary N) is 1. The molecular weight excluding hydrogens is 514 g/mol. The van der Waals surface area contributed by atoms with Crippen LogP contribution in [0, 0.1) is 18.7 Å². The summed E-state index contributed by atoms with van der Waals surface area (Å²) in [4.78, 5) is 12.6. The standard InChI is InChI=1S/C25H23F4N3O4S/c1-16-23(22(36-31-16)13-12-17-7-2-4-10-20(17)26)37(34,35)32-14-6-8-18(15-32)24(33)30-21-11-5-3-9-19(21)25(27,28)29/h2-5,7,9-13,18H,6,8,14-15H2,1H3,(H,30,33). The topological polar surface area (TPSA) is 92.5 Å². The Hall–Kier alpha value is -3.51. The van der Waals surface area contributed by atoms with Crippen LogP contribution < -0.4 is 5.32 Å². The number of hydrogen-bond acceptors (Lipinski definition) is 5. The molecule has 7 nitrogen and oxygen atoms in total. The summed E-state index contributed by atoms with van der Waals surface area (Å²) in [6.07, 6.45) is -1.38. The van der Waals surface area contributed by atoms with Crippen molar-refractivity contribution in [2.24, 2.45) is 5.92 Å². The number of halogens is 4. The summed E-state index contributed by atoms with van der Waals surface area (Å²) in [7, 11) is -4.19. The van der Waals surface area contributed by atoms with Gasteiger partial charge in [0.2, 0.25) is 15.9 Å². The number of carbonyl (C=O) groups excluding carboxylic acids is 1. The molecule has 0 saturated carbocycles. The van der Waals surface area contributed by atoms with Crippen molar-refractivity contribution in [3.05, 3.63) is 76.9 Å². The maximum Gasteiger partial charge on any atom is 0.418 e. The first-order valence-electron chi connectivity index (χ1n) is 11.3. The molecule has 2 aromatic carbocycles. The van der Waals surface area contributed by atoms with E-state index in [0.29, 0.717) is 12.8 Å². The predicted molar refractivity (Wildman–Crippen MR) is 128 cm³/mol. The molecule has 1 unspecified atom stereocenters. The molecule has 0 spiro atoms. The summed E-state index contributed by atoms with van der Waals surface area (Å²) in [5, 5.41) is 6.05. The highest BCUT2D eigenvalue weighted by Crippen LogP contribution is 2.35. The van der Waals surface area contributed by atoms with E-state index in [0.717, 1.165) is 16.4 Å². The van der Waals surface area contributed by atoms with Crippen molar-refractivity contribution in [2.75, 3.05) is 18.4 Å². The molecule has 1 atom stereocenters. The SMILES string of the molecule is Cc1noc(C=Cc2ccccc2F)c1S(=O)(=O)N1CCCC(C(=O)Nc2ccccc2C(F)(F)F)C1. The normalized spacial score (nSPS) is 17.3. The van der Waals surface area contributed by atoms with Crippen LogP contribution in [-0.4, -0.2) is 36.9 Å². The maximum absolute atomic E-state index is 14.0. The number of benzene rings is 2. The number of piperidine rings is 1. The zero-order valence-electron chi connectivity index (χ0n) is 19.6. The molecule has 0 radical (unpaired) electrons. The van der Waals surface area contributed by atoms with Crippen molar-refractivity contribution in [2.45, 2.75) is 30.8 Å². The van der Waals surface area contributed by atoms with E-state index in [1.54, 1.807) is 6.07 Å². The predicted octanol–water partition coefficient (Wildman–Crippen LogP) is 5.35. The molecule has 12 heteroatoms. The number of amides is 1. The molecule has 3 aromatic rings. The van der Waals surface area contributed by atoms with Gasteiger partial charge >= 0.3 is 6.18 Å². The van der Waals surface area contributed by atoms with Crippen LogP contribution in [0.25, 0.3) is 12.2 Å². The summed E-state index contributed by atoms with van der Waals surface area (Å²) >= 11 is 0. The smallest absolute Gasteiger partial charge is 0.355 e. The lowest BCUT2D eigenvalue weighted by Gasteiger charge is -2.31. The van der Waals surface area contributed by atoms with Crippen LogP contribution in [0.15, 0.2) is 57.9 Å². The van der Waals surface area contributed by atoms with E-state index in [-0.39, 0.29) is 35.0 Å². The van der Waals surface area contributed by atoms with Crippen molar-refractivity contribution in [1.82, 2.24) is 9.46 Å². The van der Waals surface area contributed by atoms with Crippen molar-refractivity contribution in [3.8, 4) is 0 Å². The first-order valence-corrected chi connectivity index (χ1v) is 12.8. The lowest BCUT2D eigenvalue weighted by atomic mass is 9.98. The Morgan fingerprint density at radius 1 is 1.14 bits per heavy atom. The van der Waals surface area contributed by atoms with Crippen LogP contribution in [0.4, 0.5) is 23.2 Å². The van der Waals surface area contributed by atoms with Gasteiger partial charge in [-0.3, -0.25) is 4.79 Å². The largest absolute Gasteiger partial charge is 0.418 e. The molecule has 4 rings (SSSR count). The van der Waals surface area contributed by atoms with Gasteiger partial charge < -0.3 is 9.84 Å². The van der Waals surface area contributed by atoms with Gasteiger partial charge in [0.1, 0.15) is 11.5 Å². The van der Waals surface area contributed by atoms with E-state index in [9.17, 15) is 30.8 Å². The van der Waals surface area contributed by atoms with Crippen LogP contribution >= 0.6 is 0 Å². The van der Waals surface area contributed by atoms with E-state index >= 15 is 0 Å². The van der Waals surface area contributed by atoms with Crippen molar-refractivity contribution in [3.63, 3.8) is 0 Å². The van der Waals surface area contributed by atoms with E-state index in [1.807, 2.05) is 0 Å². The van der Waals surface area contributed by atoms with Gasteiger partial charge in [-0.2, -0.15) is 17.5 Å². The zero-order valence-corrected chi connectivity index (χ0v) is 20.4. The third-order valence-corrected chi connectivity index (χ3v) is 8.02. The lowest BCUT2D eigenvalue weighted by molar-refractivity contribution is -0.137. The minimum absolute atomic E-state index is 0.0823. The number of hydrogen-bond donors (Lipinski definition) is 1. The molecule has 0 aliphatic carbocycles. The Morgan fingerprint density at radius 3 is 2.57 bits per heavy atom. The van der Waals surface area contributed by atoms with Gasteiger partial charge in [-0.25, -0.2) is 12.8 Å². The maximum atomic E-state index is 14.0. The minimum atomic E-state index is -4.66. The Balaban J connectivity index is 1.55. The van der Waals surface area contributed by atoms with E-state index in [2.05, 4.69) is 10.5 Å². The first kappa shape index (κ1) is 26.6. The third-order valence-electron chi connectivity index (χ3n) is 6.00. The van der Waals surface area contributed by atoms with Crippen LogP contribution in [0.2, 0.25) is 0 Å². The molecule has 1 fully saturated rings. The molecule has 1 saturated heterocycles. The summed E-state index contributed by atoms with van der Waals surface area (Å²) in [5.74, 6) is -2.19. The number of rotatable bonds is 6. The van der Waals surface area contributed by atoms with Crippen LogP contribution in [0.1, 0.15) is 35.4 Å². The first-order chi connectivity index (χ1) is 17.5. The Morgan fingerprint density at radius 2 is 1.84 bits per heavy atom. The van der Waals surface area contributed by atoms with Gasteiger partial charge in [0.25, 0.3) is 0 Å². The third kappa shape index (κ3) is 5.75. The average Bonchev–Trinajstić information content (AvgIpc) is 3.24. The number of nitrogens with zero attached hydrogens (tertiary/aromatic N) is 2. The van der Waals surface area contributed by atoms with Crippen molar-refractivity contribution < 1.29 is 35.3 Å². The fourth-order valence-corrected chi connectivity index (χ4v) is 5.93. The van der Waals surface area contributed by atoms with Crippen LogP contribution in [0.3, 0.4) is 0 Å². The monoisotopic (exact) mass is 537 g/mol. The quantitative estimate of drug-likeness (QED) is 0.428. The second kappa shape index (κ2) is 10.5. The number of para-hydroxylation sites is 1. The van der Waals surface area contributed by atoms with Gasteiger partial charge in [0.15, 0.2) is 10.7 Å². The molecule has 1 amide bonds. The highest BCUT2D eigenvalue weighted by molar-refractivity contribution is 7.89. The highest BCUT2D eigenvalue weighted by Gasteiger charge is 2.38. The van der Waals surface area contributed by atoms with Gasteiger partial charge in [-0.15, -0.1) is 0 Å². The van der Waals surface area contributed by atoms with E-state index in [4.69, 9.17) is 4.52 Å². The van der Waals surface area contributed by atoms with Crippen molar-refractivity contribution >= 4 is 33.8 Å². The summed E-state index contributed by atoms with van der Waals surface area (Å²) in [5.41, 5.74) is -1.09. The fraction of sp³-hybridized carbons (Fsp3) is 0.280. The molecular formula is C25H23F4N3O4S. The lowest BCUT2D eigenvalue weighted by Crippen LogP contribution is -2.44. The molecule has 2 heterocycles. The second-order valence-electron chi connectivity index (χ2n) is 8.55. The van der Waals surface area contributed by atoms with E-state index in [1.165, 1.54) is 49.4 Å². The number of sulfonamides is 1. The average molecular weight is 538 g/mol. The van der Waals surface area contributed by atoms with Gasteiger partial charge in [0.05, 0.1) is 17.2 Å². The van der Waals surface area contributed by atoms with Crippen molar-refractivity contribution in [1.29, 1.82) is 0 Å². The molecule has 196 valence electrons. The highest BCUT2D eigenvalue weighted by atomic mass is 32.2. The van der Waals surface area contributed by atoms with Crippen LogP contribution in [-0.2, 0) is 21.0 Å². The zero-order chi connectivity index (χ0) is 26.8. The van der Waals surface area contributed by atoms with Gasteiger partial charge in [-0.05, 0) is 50.1 Å². The minimum Gasteiger partial charge on any atom is -0.355 e. The number of alkyl halides is 3. The fourth-order valence-electron chi connectivity index (χ4n) is 4.15. The van der Waals surface area contributed by atoms with Crippen LogP contribution in [0.5, 0.6) is 0 Å². The summed E-state index contributed by atoms with van der Waals surface area (Å²) in [6.45, 7) is 1.31. The van der Waals surface area contributed by atoms with Gasteiger partial charge in [-0.1, -0.05) is 35.5 Å².